The summed E-state index contributed by atoms with van der Waals surface area (Å²) in [5, 5.41) is -0.557. The number of primary amides is 1. The van der Waals surface area contributed by atoms with E-state index in [4.69, 9.17) is 10.5 Å². The molecule has 0 aliphatic carbocycles. The van der Waals surface area contributed by atoms with Crippen LogP contribution in [-0.2, 0) is 16.2 Å². The molecular formula is C19H14BrFN2O4S. The van der Waals surface area contributed by atoms with E-state index in [9.17, 15) is 18.8 Å². The largest absolute Gasteiger partial charge is 0.488 e. The summed E-state index contributed by atoms with van der Waals surface area (Å²) in [4.78, 5) is 36.4. The minimum absolute atomic E-state index is 0.163. The molecule has 144 valence electrons. The van der Waals surface area contributed by atoms with Gasteiger partial charge in [0, 0.05) is 10.0 Å². The number of carbonyl (C=O) groups is 3. The van der Waals surface area contributed by atoms with Crippen LogP contribution in [-0.4, -0.2) is 28.5 Å². The van der Waals surface area contributed by atoms with Gasteiger partial charge in [-0.05, 0) is 53.7 Å². The number of hydrogen-bond acceptors (Lipinski definition) is 5. The third-order valence-corrected chi connectivity index (χ3v) is 5.15. The van der Waals surface area contributed by atoms with Crippen LogP contribution in [0.25, 0.3) is 6.08 Å². The Balaban J connectivity index is 1.83. The normalized spacial score (nSPS) is 15.4. The first-order chi connectivity index (χ1) is 13.3. The van der Waals surface area contributed by atoms with Crippen molar-refractivity contribution in [3.63, 3.8) is 0 Å². The van der Waals surface area contributed by atoms with E-state index < -0.39 is 23.6 Å². The molecule has 0 saturated carbocycles. The maximum Gasteiger partial charge on any atom is 0.294 e. The zero-order valence-electron chi connectivity index (χ0n) is 14.4. The van der Waals surface area contributed by atoms with Crippen molar-refractivity contribution in [1.29, 1.82) is 0 Å². The van der Waals surface area contributed by atoms with Crippen LogP contribution in [0.5, 0.6) is 5.75 Å². The first-order valence-corrected chi connectivity index (χ1v) is 9.65. The van der Waals surface area contributed by atoms with E-state index >= 15 is 0 Å². The number of imide groups is 1. The Morgan fingerprint density at radius 3 is 2.61 bits per heavy atom. The van der Waals surface area contributed by atoms with E-state index in [1.165, 1.54) is 18.2 Å². The fraction of sp³-hybridized carbons (Fsp3) is 0.105. The second kappa shape index (κ2) is 8.57. The topological polar surface area (TPSA) is 89.7 Å². The van der Waals surface area contributed by atoms with E-state index in [0.717, 1.165) is 26.7 Å². The molecule has 6 nitrogen and oxygen atoms in total. The van der Waals surface area contributed by atoms with Crippen LogP contribution < -0.4 is 10.5 Å². The van der Waals surface area contributed by atoms with Crippen molar-refractivity contribution in [2.75, 3.05) is 6.54 Å². The van der Waals surface area contributed by atoms with Gasteiger partial charge in [0.25, 0.3) is 11.1 Å². The summed E-state index contributed by atoms with van der Waals surface area (Å²) in [5.74, 6) is -1.21. The molecule has 1 aliphatic heterocycles. The van der Waals surface area contributed by atoms with Crippen molar-refractivity contribution in [2.24, 2.45) is 5.73 Å². The molecule has 2 aromatic carbocycles. The van der Waals surface area contributed by atoms with Crippen molar-refractivity contribution in [2.45, 2.75) is 6.61 Å². The van der Waals surface area contributed by atoms with E-state index in [0.29, 0.717) is 11.3 Å². The number of ether oxygens (including phenoxy) is 1. The highest BCUT2D eigenvalue weighted by Gasteiger charge is 2.36. The third kappa shape index (κ3) is 4.79. The average molecular weight is 465 g/mol. The Bertz CT molecular complexity index is 978. The molecule has 0 radical (unpaired) electrons. The molecule has 1 aliphatic rings. The quantitative estimate of drug-likeness (QED) is 0.658. The lowest BCUT2D eigenvalue weighted by Gasteiger charge is -2.11. The summed E-state index contributed by atoms with van der Waals surface area (Å²) in [7, 11) is 0. The maximum atomic E-state index is 13.0. The first kappa shape index (κ1) is 20.1. The molecule has 0 bridgehead atoms. The Morgan fingerprint density at radius 1 is 1.21 bits per heavy atom. The standard InChI is InChI=1S/C19H14BrFN2O4S/c20-13-3-6-15(27-10-11-1-4-14(21)5-2-11)12(7-13)8-16-18(25)23(9-17(22)24)19(26)28-16/h1-8H,9-10H2,(H2,22,24)/b16-8-. The van der Waals surface area contributed by atoms with Crippen molar-refractivity contribution in [1.82, 2.24) is 4.90 Å². The molecule has 3 amide bonds. The number of nitrogens with two attached hydrogens (primary N) is 1. The van der Waals surface area contributed by atoms with Gasteiger partial charge in [-0.3, -0.25) is 19.3 Å². The Morgan fingerprint density at radius 2 is 1.93 bits per heavy atom. The van der Waals surface area contributed by atoms with Gasteiger partial charge in [-0.1, -0.05) is 28.1 Å². The summed E-state index contributed by atoms with van der Waals surface area (Å²) >= 11 is 4.09. The second-order valence-corrected chi connectivity index (χ2v) is 7.74. The molecule has 2 aromatic rings. The number of halogens is 2. The SMILES string of the molecule is NC(=O)CN1C(=O)S/C(=C\c2cc(Br)ccc2OCc2ccc(F)cc2)C1=O. The third-order valence-electron chi connectivity index (χ3n) is 3.75. The highest BCUT2D eigenvalue weighted by molar-refractivity contribution is 9.10. The predicted octanol–water partition coefficient (Wildman–Crippen LogP) is 3.69. The van der Waals surface area contributed by atoms with Crippen LogP contribution >= 0.6 is 27.7 Å². The molecule has 2 N–H and O–H groups in total. The number of hydrogen-bond donors (Lipinski definition) is 1. The number of rotatable bonds is 6. The Hall–Kier alpha value is -2.65. The fourth-order valence-electron chi connectivity index (χ4n) is 2.44. The van der Waals surface area contributed by atoms with Gasteiger partial charge >= 0.3 is 0 Å². The zero-order chi connectivity index (χ0) is 20.3. The van der Waals surface area contributed by atoms with Crippen LogP contribution in [0.3, 0.4) is 0 Å². The first-order valence-electron chi connectivity index (χ1n) is 8.04. The molecular weight excluding hydrogens is 451 g/mol. The van der Waals surface area contributed by atoms with Crippen molar-refractivity contribution in [3.8, 4) is 5.75 Å². The summed E-state index contributed by atoms with van der Waals surface area (Å²) in [6.07, 6.45) is 1.52. The minimum Gasteiger partial charge on any atom is -0.488 e. The molecule has 1 fully saturated rings. The van der Waals surface area contributed by atoms with Crippen LogP contribution in [0.15, 0.2) is 51.8 Å². The maximum absolute atomic E-state index is 13.0. The summed E-state index contributed by atoms with van der Waals surface area (Å²) in [6, 6.07) is 11.1. The summed E-state index contributed by atoms with van der Waals surface area (Å²) in [5.41, 5.74) is 6.42. The number of amides is 3. The van der Waals surface area contributed by atoms with Gasteiger partial charge in [-0.25, -0.2) is 4.39 Å². The minimum atomic E-state index is -0.769. The molecule has 9 heteroatoms. The van der Waals surface area contributed by atoms with Gasteiger partial charge in [0.2, 0.25) is 5.91 Å². The lowest BCUT2D eigenvalue weighted by Crippen LogP contribution is -2.36. The molecule has 1 heterocycles. The van der Waals surface area contributed by atoms with E-state index in [1.807, 2.05) is 0 Å². The van der Waals surface area contributed by atoms with Gasteiger partial charge < -0.3 is 10.5 Å². The van der Waals surface area contributed by atoms with Gasteiger partial charge in [0.15, 0.2) is 0 Å². The van der Waals surface area contributed by atoms with Crippen LogP contribution in [0.4, 0.5) is 9.18 Å². The average Bonchev–Trinajstić information content (AvgIpc) is 2.89. The number of nitrogens with zero attached hydrogens (tertiary/aromatic N) is 1. The van der Waals surface area contributed by atoms with Gasteiger partial charge in [-0.2, -0.15) is 0 Å². The lowest BCUT2D eigenvalue weighted by atomic mass is 10.1. The van der Waals surface area contributed by atoms with Gasteiger partial charge in [0.1, 0.15) is 24.7 Å². The summed E-state index contributed by atoms with van der Waals surface area (Å²) in [6.45, 7) is -0.264. The molecule has 28 heavy (non-hydrogen) atoms. The Kier molecular flexibility index (Phi) is 6.15. The van der Waals surface area contributed by atoms with Crippen LogP contribution in [0.1, 0.15) is 11.1 Å². The molecule has 3 rings (SSSR count). The molecule has 0 aromatic heterocycles. The van der Waals surface area contributed by atoms with Crippen LogP contribution in [0, 0.1) is 5.82 Å². The molecule has 1 saturated heterocycles. The van der Waals surface area contributed by atoms with Gasteiger partial charge in [0.05, 0.1) is 4.91 Å². The molecule has 0 atom stereocenters. The number of thioether (sulfide) groups is 1. The van der Waals surface area contributed by atoms with Crippen molar-refractivity contribution >= 4 is 50.8 Å². The van der Waals surface area contributed by atoms with Crippen LogP contribution in [0.2, 0.25) is 0 Å². The number of benzene rings is 2. The van der Waals surface area contributed by atoms with Gasteiger partial charge in [-0.15, -0.1) is 0 Å². The Labute approximate surface area is 172 Å². The van der Waals surface area contributed by atoms with E-state index in [-0.39, 0.29) is 17.3 Å². The van der Waals surface area contributed by atoms with E-state index in [1.54, 1.807) is 30.3 Å². The van der Waals surface area contributed by atoms with Crippen molar-refractivity contribution < 1.29 is 23.5 Å². The zero-order valence-corrected chi connectivity index (χ0v) is 16.8. The highest BCUT2D eigenvalue weighted by atomic mass is 79.9. The molecule has 0 unspecified atom stereocenters. The fourth-order valence-corrected chi connectivity index (χ4v) is 3.65. The molecule has 0 spiro atoms. The monoisotopic (exact) mass is 464 g/mol. The predicted molar refractivity (Wildman–Crippen MR) is 107 cm³/mol. The smallest absolute Gasteiger partial charge is 0.294 e. The highest BCUT2D eigenvalue weighted by Crippen LogP contribution is 2.34. The van der Waals surface area contributed by atoms with Crippen molar-refractivity contribution in [3.05, 3.63) is 68.8 Å². The summed E-state index contributed by atoms with van der Waals surface area (Å²) < 4.78 is 19.6. The lowest BCUT2D eigenvalue weighted by molar-refractivity contribution is -0.127. The van der Waals surface area contributed by atoms with E-state index in [2.05, 4.69) is 15.9 Å². The number of carbonyl (C=O) groups excluding carboxylic acids is 3. The second-order valence-electron chi connectivity index (χ2n) is 5.83.